The molecule has 0 aliphatic carbocycles. The van der Waals surface area contributed by atoms with Crippen molar-refractivity contribution in [3.05, 3.63) is 83.9 Å². The number of unbranched alkanes of at least 4 members (excludes halogenated alkanes) is 5. The number of rotatable bonds is 16. The Morgan fingerprint density at radius 2 is 1.32 bits per heavy atom. The van der Waals surface area contributed by atoms with Crippen molar-refractivity contribution in [2.75, 3.05) is 7.11 Å². The number of carbonyl (C=O) groups excluding carboxylic acids is 1. The van der Waals surface area contributed by atoms with E-state index in [0.29, 0.717) is 17.1 Å². The van der Waals surface area contributed by atoms with Gasteiger partial charge in [-0.15, -0.1) is 0 Å². The van der Waals surface area contributed by atoms with Gasteiger partial charge in [0.05, 0.1) is 17.8 Å². The number of hydrogen-bond donors (Lipinski definition) is 0. The Morgan fingerprint density at radius 1 is 0.711 bits per heavy atom. The van der Waals surface area contributed by atoms with Crippen molar-refractivity contribution in [1.82, 2.24) is 0 Å². The molecule has 0 N–H and O–H groups in total. The Balaban J connectivity index is 1.61. The van der Waals surface area contributed by atoms with Crippen LogP contribution in [0, 0.1) is 0 Å². The molecule has 0 spiro atoms. The van der Waals surface area contributed by atoms with Crippen molar-refractivity contribution >= 4 is 5.97 Å². The summed E-state index contributed by atoms with van der Waals surface area (Å²) in [6.07, 6.45) is 10.9. The largest absolute Gasteiger partial charge is 0.487 e. The molecule has 3 aromatic rings. The minimum absolute atomic E-state index is 0.0563. The lowest BCUT2D eigenvalue weighted by Crippen LogP contribution is -2.17. The highest BCUT2D eigenvalue weighted by Crippen LogP contribution is 2.30. The molecule has 204 valence electrons. The summed E-state index contributed by atoms with van der Waals surface area (Å²) < 4.78 is 17.6. The molecule has 3 aromatic carbocycles. The molecule has 3 rings (SSSR count). The average Bonchev–Trinajstić information content (AvgIpc) is 2.95. The molecular weight excluding hydrogens is 472 g/mol. The molecule has 0 saturated heterocycles. The zero-order valence-corrected chi connectivity index (χ0v) is 23.6. The van der Waals surface area contributed by atoms with Crippen LogP contribution in [0.3, 0.4) is 0 Å². The van der Waals surface area contributed by atoms with E-state index in [1.165, 1.54) is 32.1 Å². The van der Waals surface area contributed by atoms with Crippen LogP contribution in [0.25, 0.3) is 11.1 Å². The van der Waals surface area contributed by atoms with Crippen molar-refractivity contribution in [3.8, 4) is 22.6 Å². The first-order chi connectivity index (χ1) is 18.5. The van der Waals surface area contributed by atoms with Crippen LogP contribution < -0.4 is 9.47 Å². The fraction of sp³-hybridized carbons (Fsp3) is 0.441. The number of methoxy groups -OCH3 is 1. The van der Waals surface area contributed by atoms with Gasteiger partial charge in [-0.1, -0.05) is 101 Å². The minimum Gasteiger partial charge on any atom is -0.487 e. The highest BCUT2D eigenvalue weighted by atomic mass is 16.6. The summed E-state index contributed by atoms with van der Waals surface area (Å²) in [4.78, 5) is 13.0. The summed E-state index contributed by atoms with van der Waals surface area (Å²) in [5.41, 5.74) is 3.76. The van der Waals surface area contributed by atoms with Gasteiger partial charge in [0.2, 0.25) is 0 Å². The third kappa shape index (κ3) is 9.02. The molecule has 2 unspecified atom stereocenters. The molecule has 38 heavy (non-hydrogen) atoms. The van der Waals surface area contributed by atoms with Crippen molar-refractivity contribution in [2.45, 2.75) is 90.8 Å². The fourth-order valence-electron chi connectivity index (χ4n) is 4.59. The second kappa shape index (κ2) is 16.0. The van der Waals surface area contributed by atoms with Gasteiger partial charge in [0.15, 0.2) is 11.5 Å². The quantitative estimate of drug-likeness (QED) is 0.108. The molecule has 0 fully saturated rings. The highest BCUT2D eigenvalue weighted by Gasteiger charge is 2.16. The van der Waals surface area contributed by atoms with Gasteiger partial charge in [-0.2, -0.15) is 0 Å². The first-order valence-corrected chi connectivity index (χ1v) is 14.3. The van der Waals surface area contributed by atoms with E-state index in [2.05, 4.69) is 38.1 Å². The van der Waals surface area contributed by atoms with E-state index in [4.69, 9.17) is 14.2 Å². The summed E-state index contributed by atoms with van der Waals surface area (Å²) in [7, 11) is 1.71. The predicted octanol–water partition coefficient (Wildman–Crippen LogP) is 9.58. The van der Waals surface area contributed by atoms with Crippen LogP contribution in [-0.4, -0.2) is 19.2 Å². The van der Waals surface area contributed by atoms with Crippen LogP contribution in [0.4, 0.5) is 0 Å². The van der Waals surface area contributed by atoms with Gasteiger partial charge in [0.1, 0.15) is 0 Å². The average molecular weight is 517 g/mol. The number of hydrogen-bond acceptors (Lipinski definition) is 4. The van der Waals surface area contributed by atoms with Crippen LogP contribution in [0.5, 0.6) is 11.5 Å². The van der Waals surface area contributed by atoms with Crippen LogP contribution in [0.2, 0.25) is 0 Å². The Labute approximate surface area is 229 Å². The highest BCUT2D eigenvalue weighted by molar-refractivity contribution is 5.92. The van der Waals surface area contributed by atoms with Gasteiger partial charge in [-0.3, -0.25) is 0 Å². The molecule has 2 atom stereocenters. The summed E-state index contributed by atoms with van der Waals surface area (Å²) >= 11 is 0. The molecule has 4 nitrogen and oxygen atoms in total. The third-order valence-electron chi connectivity index (χ3n) is 7.02. The molecule has 4 heteroatoms. The van der Waals surface area contributed by atoms with Crippen LogP contribution >= 0.6 is 0 Å². The van der Waals surface area contributed by atoms with Gasteiger partial charge in [-0.25, -0.2) is 4.79 Å². The van der Waals surface area contributed by atoms with Crippen molar-refractivity contribution in [1.29, 1.82) is 0 Å². The molecule has 0 aliphatic rings. The van der Waals surface area contributed by atoms with Gasteiger partial charge < -0.3 is 14.2 Å². The van der Waals surface area contributed by atoms with Crippen molar-refractivity contribution in [3.63, 3.8) is 0 Å². The smallest absolute Gasteiger partial charge is 0.343 e. The third-order valence-corrected chi connectivity index (χ3v) is 7.02. The van der Waals surface area contributed by atoms with E-state index in [1.54, 1.807) is 13.2 Å². The Hall–Kier alpha value is -3.11. The first-order valence-electron chi connectivity index (χ1n) is 14.3. The van der Waals surface area contributed by atoms with Gasteiger partial charge in [-0.05, 0) is 67.1 Å². The molecule has 0 aromatic heterocycles. The van der Waals surface area contributed by atoms with E-state index in [-0.39, 0.29) is 18.2 Å². The lowest BCUT2D eigenvalue weighted by atomic mass is 10.0. The topological polar surface area (TPSA) is 44.8 Å². The maximum absolute atomic E-state index is 13.0. The number of esters is 1. The summed E-state index contributed by atoms with van der Waals surface area (Å²) in [5, 5.41) is 0. The standard InChI is InChI=1S/C34H44O4/c1-5-7-8-9-10-11-15-31(14-6-2)37-32-16-12-13-17-33(32)38-34(35)30-24-22-29(23-25-30)28-20-18-27(19-21-28)26(3)36-4/h12-13,16-26,31H,5-11,14-15H2,1-4H3. The van der Waals surface area contributed by atoms with E-state index in [1.807, 2.05) is 49.4 Å². The molecular formula is C34H44O4. The summed E-state index contributed by atoms with van der Waals surface area (Å²) in [5.74, 6) is 0.709. The zero-order valence-electron chi connectivity index (χ0n) is 23.6. The lowest BCUT2D eigenvalue weighted by Gasteiger charge is -2.20. The molecule has 0 saturated carbocycles. The molecule has 0 aliphatic heterocycles. The van der Waals surface area contributed by atoms with Crippen LogP contribution in [-0.2, 0) is 4.74 Å². The second-order valence-corrected chi connectivity index (χ2v) is 10.00. The molecule has 0 radical (unpaired) electrons. The number of para-hydroxylation sites is 2. The predicted molar refractivity (Wildman–Crippen MR) is 156 cm³/mol. The number of carbonyl (C=O) groups is 1. The van der Waals surface area contributed by atoms with Gasteiger partial charge in [0.25, 0.3) is 0 Å². The lowest BCUT2D eigenvalue weighted by molar-refractivity contribution is 0.0721. The van der Waals surface area contributed by atoms with E-state index in [9.17, 15) is 4.79 Å². The number of benzene rings is 3. The molecule has 0 heterocycles. The Morgan fingerprint density at radius 3 is 1.95 bits per heavy atom. The van der Waals surface area contributed by atoms with Gasteiger partial charge in [0, 0.05) is 7.11 Å². The Kier molecular flexibility index (Phi) is 12.4. The van der Waals surface area contributed by atoms with Crippen molar-refractivity contribution in [2.24, 2.45) is 0 Å². The summed E-state index contributed by atoms with van der Waals surface area (Å²) in [6, 6.07) is 23.3. The van der Waals surface area contributed by atoms with Crippen molar-refractivity contribution < 1.29 is 19.0 Å². The Bertz CT molecular complexity index is 1090. The van der Waals surface area contributed by atoms with Crippen LogP contribution in [0.1, 0.15) is 101 Å². The first kappa shape index (κ1) is 29.4. The number of ether oxygens (including phenoxy) is 3. The maximum atomic E-state index is 13.0. The fourth-order valence-corrected chi connectivity index (χ4v) is 4.59. The van der Waals surface area contributed by atoms with Gasteiger partial charge >= 0.3 is 5.97 Å². The maximum Gasteiger partial charge on any atom is 0.343 e. The minimum atomic E-state index is -0.389. The molecule has 0 amide bonds. The zero-order chi connectivity index (χ0) is 27.2. The normalized spacial score (nSPS) is 12.6. The van der Waals surface area contributed by atoms with E-state index < -0.39 is 0 Å². The van der Waals surface area contributed by atoms with E-state index in [0.717, 1.165) is 42.4 Å². The monoisotopic (exact) mass is 516 g/mol. The van der Waals surface area contributed by atoms with Crippen LogP contribution in [0.15, 0.2) is 72.8 Å². The summed E-state index contributed by atoms with van der Waals surface area (Å²) in [6.45, 7) is 6.45. The van der Waals surface area contributed by atoms with E-state index >= 15 is 0 Å². The SMILES string of the molecule is CCCCCCCCC(CCC)Oc1ccccc1OC(=O)c1ccc(-c2ccc(C(C)OC)cc2)cc1. The second-order valence-electron chi connectivity index (χ2n) is 10.00. The molecule has 0 bridgehead atoms.